The molecule has 31 heavy (non-hydrogen) atoms. The molecule has 2 N–H and O–H groups in total. The van der Waals surface area contributed by atoms with Crippen molar-refractivity contribution in [3.63, 3.8) is 0 Å². The number of rotatable bonds is 4. The monoisotopic (exact) mass is 441 g/mol. The summed E-state index contributed by atoms with van der Waals surface area (Å²) >= 11 is 6.84. The van der Waals surface area contributed by atoms with Crippen molar-refractivity contribution in [1.82, 2.24) is 19.5 Å². The van der Waals surface area contributed by atoms with Crippen LogP contribution >= 0.6 is 11.6 Å². The van der Waals surface area contributed by atoms with Gasteiger partial charge in [0.2, 0.25) is 0 Å². The van der Waals surface area contributed by atoms with Gasteiger partial charge < -0.3 is 14.9 Å². The summed E-state index contributed by atoms with van der Waals surface area (Å²) in [5, 5.41) is 21.1. The molecule has 0 amide bonds. The van der Waals surface area contributed by atoms with Crippen molar-refractivity contribution in [3.8, 4) is 0 Å². The van der Waals surface area contributed by atoms with Gasteiger partial charge in [-0.2, -0.15) is 0 Å². The van der Waals surface area contributed by atoms with Crippen LogP contribution in [0, 0.1) is 0 Å². The van der Waals surface area contributed by atoms with E-state index in [0.717, 1.165) is 18.6 Å². The highest BCUT2D eigenvalue weighted by Crippen LogP contribution is 2.43. The van der Waals surface area contributed by atoms with Crippen LogP contribution in [0.25, 0.3) is 11.2 Å². The molecule has 1 saturated heterocycles. The Bertz CT molecular complexity index is 1150. The maximum absolute atomic E-state index is 10.8. The normalized spacial score (nSPS) is 28.6. The predicted molar refractivity (Wildman–Crippen MR) is 117 cm³/mol. The van der Waals surface area contributed by atoms with Crippen molar-refractivity contribution >= 4 is 34.3 Å². The minimum Gasteiger partial charge on any atom is -0.387 e. The number of benzene rings is 1. The van der Waals surface area contributed by atoms with Gasteiger partial charge in [0.25, 0.3) is 0 Å². The molecule has 8 nitrogen and oxygen atoms in total. The first kappa shape index (κ1) is 20.5. The van der Waals surface area contributed by atoms with Crippen LogP contribution < -0.4 is 0 Å². The summed E-state index contributed by atoms with van der Waals surface area (Å²) < 4.78 is 7.76. The first-order valence-corrected chi connectivity index (χ1v) is 10.8. The smallest absolute Gasteiger partial charge is 0.183 e. The van der Waals surface area contributed by atoms with Gasteiger partial charge in [0.15, 0.2) is 23.2 Å². The number of aliphatic imine (C=N–C) groups is 1. The van der Waals surface area contributed by atoms with Gasteiger partial charge in [-0.1, -0.05) is 24.3 Å². The highest BCUT2D eigenvalue weighted by Gasteiger charge is 2.49. The van der Waals surface area contributed by atoms with Gasteiger partial charge >= 0.3 is 0 Å². The molecule has 6 atom stereocenters. The van der Waals surface area contributed by atoms with Gasteiger partial charge in [-0.05, 0) is 37.8 Å². The van der Waals surface area contributed by atoms with Crippen LogP contribution in [0.5, 0.6) is 0 Å². The predicted octanol–water partition coefficient (Wildman–Crippen LogP) is 2.90. The van der Waals surface area contributed by atoms with Crippen molar-refractivity contribution in [2.24, 2.45) is 4.99 Å². The summed E-state index contributed by atoms with van der Waals surface area (Å²) in [7, 11) is 0. The quantitative estimate of drug-likeness (QED) is 0.476. The number of hydrogen-bond donors (Lipinski definition) is 2. The first-order valence-electron chi connectivity index (χ1n) is 10.4. The summed E-state index contributed by atoms with van der Waals surface area (Å²) in [6.45, 7) is 3.75. The van der Waals surface area contributed by atoms with E-state index in [1.165, 1.54) is 23.8 Å². The zero-order valence-electron chi connectivity index (χ0n) is 17.3. The molecule has 2 aliphatic rings. The van der Waals surface area contributed by atoms with E-state index in [9.17, 15) is 10.2 Å². The summed E-state index contributed by atoms with van der Waals surface area (Å²) in [6, 6.07) is 8.21. The maximum Gasteiger partial charge on any atom is 0.183 e. The van der Waals surface area contributed by atoms with E-state index in [-0.39, 0.29) is 5.92 Å². The molecular weight excluding hydrogens is 418 g/mol. The van der Waals surface area contributed by atoms with E-state index in [2.05, 4.69) is 32.1 Å². The van der Waals surface area contributed by atoms with Gasteiger partial charge in [-0.25, -0.2) is 19.9 Å². The third-order valence-corrected chi connectivity index (χ3v) is 6.65. The average Bonchev–Trinajstić information content (AvgIpc) is 3.44. The Morgan fingerprint density at radius 2 is 2.00 bits per heavy atom. The maximum atomic E-state index is 10.8. The van der Waals surface area contributed by atoms with Crippen molar-refractivity contribution in [2.45, 2.75) is 62.5 Å². The molecule has 0 saturated carbocycles. The fourth-order valence-electron chi connectivity index (χ4n) is 4.65. The van der Waals surface area contributed by atoms with E-state index in [0.29, 0.717) is 17.0 Å². The van der Waals surface area contributed by atoms with E-state index in [1.807, 2.05) is 26.0 Å². The van der Waals surface area contributed by atoms with Gasteiger partial charge in [-0.3, -0.25) is 4.57 Å². The van der Waals surface area contributed by atoms with Gasteiger partial charge in [0, 0.05) is 11.6 Å². The van der Waals surface area contributed by atoms with Crippen molar-refractivity contribution < 1.29 is 14.9 Å². The van der Waals surface area contributed by atoms with E-state index in [4.69, 9.17) is 16.3 Å². The molecule has 162 valence electrons. The topological polar surface area (TPSA) is 106 Å². The third-order valence-electron chi connectivity index (χ3n) is 6.10. The lowest BCUT2D eigenvalue weighted by atomic mass is 9.92. The standard InChI is InChI=1S/C22H24ClN5O3/c1-11(2)27-20-16-21(25-9-24-20)28(10-26-16)22-18(30)17(29)19(31-22)15(23)14-8-7-12-5-3-4-6-13(12)14/h3-6,9-10,14-15,17-19,22,29-30H,7-8H2,1-2H3/t14?,15?,17-,18+,19+,22+/m0/s1. The first-order chi connectivity index (χ1) is 15.0. The number of imidazole rings is 1. The number of aromatic nitrogens is 4. The van der Waals surface area contributed by atoms with Gasteiger partial charge in [0.05, 0.1) is 11.7 Å². The zero-order valence-corrected chi connectivity index (χ0v) is 18.0. The molecule has 9 heteroatoms. The lowest BCUT2D eigenvalue weighted by Gasteiger charge is -2.26. The minimum absolute atomic E-state index is 0.0544. The number of aryl methyl sites for hydroxylation is 1. The second kappa shape index (κ2) is 7.94. The van der Waals surface area contributed by atoms with Crippen molar-refractivity contribution in [2.75, 3.05) is 0 Å². The Morgan fingerprint density at radius 1 is 1.19 bits per heavy atom. The Balaban J connectivity index is 1.45. The molecule has 3 heterocycles. The number of hydrogen-bond acceptors (Lipinski definition) is 7. The summed E-state index contributed by atoms with van der Waals surface area (Å²) in [4.78, 5) is 17.3. The Labute approximate surface area is 184 Å². The van der Waals surface area contributed by atoms with E-state index < -0.39 is 29.9 Å². The highest BCUT2D eigenvalue weighted by atomic mass is 35.5. The lowest BCUT2D eigenvalue weighted by molar-refractivity contribution is -0.0373. The van der Waals surface area contributed by atoms with Crippen molar-refractivity contribution in [1.29, 1.82) is 0 Å². The third kappa shape index (κ3) is 3.43. The molecule has 2 unspecified atom stereocenters. The van der Waals surface area contributed by atoms with Gasteiger partial charge in [0.1, 0.15) is 24.6 Å². The highest BCUT2D eigenvalue weighted by molar-refractivity contribution is 6.21. The van der Waals surface area contributed by atoms with Crippen LogP contribution in [0.3, 0.4) is 0 Å². The number of ether oxygens (including phenoxy) is 1. The summed E-state index contributed by atoms with van der Waals surface area (Å²) in [5.41, 5.74) is 4.28. The van der Waals surface area contributed by atoms with E-state index >= 15 is 0 Å². The molecule has 1 aliphatic carbocycles. The van der Waals surface area contributed by atoms with Crippen molar-refractivity contribution in [3.05, 3.63) is 48.0 Å². The molecule has 2 aromatic heterocycles. The van der Waals surface area contributed by atoms with Crippen LogP contribution in [-0.4, -0.2) is 59.1 Å². The number of aliphatic hydroxyl groups is 2. The number of aliphatic hydroxyl groups excluding tert-OH is 2. The largest absolute Gasteiger partial charge is 0.387 e. The zero-order chi connectivity index (χ0) is 21.7. The van der Waals surface area contributed by atoms with Crippen LogP contribution in [0.1, 0.15) is 43.5 Å². The van der Waals surface area contributed by atoms with Crippen LogP contribution in [0.2, 0.25) is 0 Å². The average molecular weight is 442 g/mol. The van der Waals surface area contributed by atoms with Gasteiger partial charge in [-0.15, -0.1) is 11.6 Å². The Morgan fingerprint density at radius 3 is 2.81 bits per heavy atom. The second-order valence-corrected chi connectivity index (χ2v) is 8.85. The molecule has 1 aromatic carbocycles. The molecule has 1 aliphatic heterocycles. The lowest BCUT2D eigenvalue weighted by Crippen LogP contribution is -2.38. The molecular formula is C22H24ClN5O3. The number of fused-ring (bicyclic) bond motifs is 2. The van der Waals surface area contributed by atoms with E-state index in [1.54, 1.807) is 4.57 Å². The number of nitrogens with zero attached hydrogens (tertiary/aromatic N) is 5. The molecule has 5 rings (SSSR count). The molecule has 0 spiro atoms. The number of alkyl halides is 1. The van der Waals surface area contributed by atoms with Crippen LogP contribution in [0.4, 0.5) is 5.82 Å². The second-order valence-electron chi connectivity index (χ2n) is 8.34. The Kier molecular flexibility index (Phi) is 5.26. The molecule has 3 aromatic rings. The summed E-state index contributed by atoms with van der Waals surface area (Å²) in [6.07, 6.45) is 0.870. The summed E-state index contributed by atoms with van der Waals surface area (Å²) in [5.74, 6) is 0.505. The number of halogens is 1. The fourth-order valence-corrected chi connectivity index (χ4v) is 5.12. The molecule has 1 fully saturated rings. The Hall–Kier alpha value is -2.39. The molecule has 0 radical (unpaired) electrons. The van der Waals surface area contributed by atoms with Crippen LogP contribution in [-0.2, 0) is 11.2 Å². The SMILES string of the molecule is CC(C)=Nc1ncnc2c1ncn2[C@@H]1O[C@H](C(Cl)C2CCc3ccccc32)[C@@H](O)[C@H]1O. The van der Waals surface area contributed by atoms with Crippen LogP contribution in [0.15, 0.2) is 41.9 Å². The fraction of sp³-hybridized carbons (Fsp3) is 0.455. The minimum atomic E-state index is -1.17. The molecule has 0 bridgehead atoms.